The lowest BCUT2D eigenvalue weighted by molar-refractivity contribution is 0.0954. The number of ketones is 1. The second-order valence-electron chi connectivity index (χ2n) is 5.07. The molecule has 1 aromatic heterocycles. The standard InChI is InChI=1S/C14H16N2O3/c17-12(6-9-2-1-5-15-8-9)10-3-4-11-13(7-10)19-14(18)16-11/h3-4,7,9,15H,1-2,5-6,8H2,(H,16,18). The van der Waals surface area contributed by atoms with Gasteiger partial charge in [-0.05, 0) is 50.0 Å². The van der Waals surface area contributed by atoms with Crippen molar-refractivity contribution in [2.75, 3.05) is 13.1 Å². The minimum atomic E-state index is -0.490. The largest absolute Gasteiger partial charge is 0.417 e. The van der Waals surface area contributed by atoms with Crippen molar-refractivity contribution in [3.8, 4) is 0 Å². The minimum Gasteiger partial charge on any atom is -0.408 e. The first-order chi connectivity index (χ1) is 9.22. The number of rotatable bonds is 3. The van der Waals surface area contributed by atoms with E-state index in [1.54, 1.807) is 18.2 Å². The molecule has 0 aliphatic carbocycles. The topological polar surface area (TPSA) is 75.1 Å². The van der Waals surface area contributed by atoms with Gasteiger partial charge in [-0.15, -0.1) is 0 Å². The molecular formula is C14H16N2O3. The van der Waals surface area contributed by atoms with E-state index >= 15 is 0 Å². The Morgan fingerprint density at radius 3 is 3.11 bits per heavy atom. The van der Waals surface area contributed by atoms with E-state index in [-0.39, 0.29) is 5.78 Å². The normalized spacial score (nSPS) is 19.7. The maximum atomic E-state index is 12.2. The summed E-state index contributed by atoms with van der Waals surface area (Å²) >= 11 is 0. The molecular weight excluding hydrogens is 244 g/mol. The van der Waals surface area contributed by atoms with Crippen LogP contribution in [0.2, 0.25) is 0 Å². The highest BCUT2D eigenvalue weighted by Crippen LogP contribution is 2.19. The first kappa shape index (κ1) is 12.2. The van der Waals surface area contributed by atoms with Crippen LogP contribution in [0.3, 0.4) is 0 Å². The van der Waals surface area contributed by atoms with Crippen molar-refractivity contribution in [2.24, 2.45) is 5.92 Å². The number of carbonyl (C=O) groups is 1. The highest BCUT2D eigenvalue weighted by Gasteiger charge is 2.18. The first-order valence-corrected chi connectivity index (χ1v) is 6.59. The molecule has 0 radical (unpaired) electrons. The fourth-order valence-corrected chi connectivity index (χ4v) is 2.60. The van der Waals surface area contributed by atoms with E-state index in [4.69, 9.17) is 4.42 Å². The molecule has 2 N–H and O–H groups in total. The van der Waals surface area contributed by atoms with Crippen molar-refractivity contribution in [1.82, 2.24) is 10.3 Å². The summed E-state index contributed by atoms with van der Waals surface area (Å²) in [6.45, 7) is 1.96. The molecule has 1 aliphatic heterocycles. The lowest BCUT2D eigenvalue weighted by atomic mass is 9.92. The quantitative estimate of drug-likeness (QED) is 0.823. The van der Waals surface area contributed by atoms with Crippen LogP contribution in [0.4, 0.5) is 0 Å². The number of aromatic nitrogens is 1. The molecule has 0 saturated carbocycles. The number of carbonyl (C=O) groups excluding carboxylic acids is 1. The van der Waals surface area contributed by atoms with Crippen molar-refractivity contribution in [1.29, 1.82) is 0 Å². The van der Waals surface area contributed by atoms with Gasteiger partial charge in [-0.25, -0.2) is 4.79 Å². The fraction of sp³-hybridized carbons (Fsp3) is 0.429. The van der Waals surface area contributed by atoms with Gasteiger partial charge < -0.3 is 9.73 Å². The number of hydrogen-bond acceptors (Lipinski definition) is 4. The molecule has 1 atom stereocenters. The first-order valence-electron chi connectivity index (χ1n) is 6.59. The summed E-state index contributed by atoms with van der Waals surface area (Å²) in [5.41, 5.74) is 1.68. The molecule has 5 nitrogen and oxygen atoms in total. The highest BCUT2D eigenvalue weighted by molar-refractivity contribution is 5.98. The van der Waals surface area contributed by atoms with Crippen molar-refractivity contribution >= 4 is 16.9 Å². The molecule has 1 fully saturated rings. The predicted octanol–water partition coefficient (Wildman–Crippen LogP) is 1.69. The monoisotopic (exact) mass is 260 g/mol. The zero-order valence-electron chi connectivity index (χ0n) is 10.6. The van der Waals surface area contributed by atoms with E-state index in [0.29, 0.717) is 29.0 Å². The van der Waals surface area contributed by atoms with Crippen LogP contribution in [-0.4, -0.2) is 23.9 Å². The van der Waals surface area contributed by atoms with Gasteiger partial charge in [-0.2, -0.15) is 0 Å². The van der Waals surface area contributed by atoms with Crippen molar-refractivity contribution < 1.29 is 9.21 Å². The summed E-state index contributed by atoms with van der Waals surface area (Å²) in [4.78, 5) is 25.8. The van der Waals surface area contributed by atoms with Crippen molar-refractivity contribution in [2.45, 2.75) is 19.3 Å². The average molecular weight is 260 g/mol. The summed E-state index contributed by atoms with van der Waals surface area (Å²) in [7, 11) is 0. The summed E-state index contributed by atoms with van der Waals surface area (Å²) in [6.07, 6.45) is 2.77. The fourth-order valence-electron chi connectivity index (χ4n) is 2.60. The van der Waals surface area contributed by atoms with Crippen LogP contribution in [0.25, 0.3) is 11.1 Å². The van der Waals surface area contributed by atoms with Gasteiger partial charge in [-0.3, -0.25) is 9.78 Å². The molecule has 2 aromatic rings. The van der Waals surface area contributed by atoms with E-state index in [9.17, 15) is 9.59 Å². The number of hydrogen-bond donors (Lipinski definition) is 2. The Bertz CT molecular complexity index is 650. The van der Waals surface area contributed by atoms with Crippen LogP contribution in [-0.2, 0) is 0 Å². The Morgan fingerprint density at radius 2 is 2.32 bits per heavy atom. The van der Waals surface area contributed by atoms with E-state index in [0.717, 1.165) is 25.9 Å². The smallest absolute Gasteiger partial charge is 0.408 e. The van der Waals surface area contributed by atoms with Crippen LogP contribution >= 0.6 is 0 Å². The van der Waals surface area contributed by atoms with Gasteiger partial charge in [-0.1, -0.05) is 0 Å². The molecule has 1 unspecified atom stereocenters. The molecule has 1 aromatic carbocycles. The van der Waals surface area contributed by atoms with Gasteiger partial charge in [0.15, 0.2) is 11.4 Å². The van der Waals surface area contributed by atoms with Crippen LogP contribution in [0.1, 0.15) is 29.6 Å². The third-order valence-electron chi connectivity index (χ3n) is 3.62. The number of fused-ring (bicyclic) bond motifs is 1. The Labute approximate surface area is 110 Å². The summed E-state index contributed by atoms with van der Waals surface area (Å²) in [5, 5.41) is 3.31. The van der Waals surface area contributed by atoms with Crippen molar-refractivity contribution in [3.05, 3.63) is 34.3 Å². The molecule has 0 amide bonds. The Balaban J connectivity index is 1.78. The summed E-state index contributed by atoms with van der Waals surface area (Å²) in [5.74, 6) is 0.0331. The van der Waals surface area contributed by atoms with E-state index in [1.165, 1.54) is 0 Å². The van der Waals surface area contributed by atoms with E-state index in [2.05, 4.69) is 10.3 Å². The average Bonchev–Trinajstić information content (AvgIpc) is 2.78. The number of piperidine rings is 1. The van der Waals surface area contributed by atoms with Gasteiger partial charge in [0.1, 0.15) is 0 Å². The number of benzene rings is 1. The minimum absolute atomic E-state index is 0.111. The number of H-pyrrole nitrogens is 1. The number of aromatic amines is 1. The third kappa shape index (κ3) is 2.61. The zero-order valence-corrected chi connectivity index (χ0v) is 10.6. The van der Waals surface area contributed by atoms with Crippen molar-refractivity contribution in [3.63, 3.8) is 0 Å². The maximum Gasteiger partial charge on any atom is 0.417 e. The molecule has 3 rings (SSSR count). The molecule has 100 valence electrons. The second kappa shape index (κ2) is 5.01. The van der Waals surface area contributed by atoms with Gasteiger partial charge in [0.05, 0.1) is 5.52 Å². The van der Waals surface area contributed by atoms with Crippen LogP contribution in [0.15, 0.2) is 27.4 Å². The van der Waals surface area contributed by atoms with Crippen LogP contribution in [0, 0.1) is 5.92 Å². The molecule has 19 heavy (non-hydrogen) atoms. The number of Topliss-reactive ketones (excluding diaryl/α,β-unsaturated/α-hetero) is 1. The van der Waals surface area contributed by atoms with Gasteiger partial charge in [0.2, 0.25) is 0 Å². The third-order valence-corrected chi connectivity index (χ3v) is 3.62. The number of oxazole rings is 1. The number of nitrogens with one attached hydrogen (secondary N) is 2. The maximum absolute atomic E-state index is 12.2. The van der Waals surface area contributed by atoms with Gasteiger partial charge in [0, 0.05) is 12.0 Å². The second-order valence-corrected chi connectivity index (χ2v) is 5.07. The van der Waals surface area contributed by atoms with Gasteiger partial charge >= 0.3 is 5.76 Å². The highest BCUT2D eigenvalue weighted by atomic mass is 16.4. The van der Waals surface area contributed by atoms with Gasteiger partial charge in [0.25, 0.3) is 0 Å². The molecule has 1 aliphatic rings. The predicted molar refractivity (Wildman–Crippen MR) is 71.4 cm³/mol. The molecule has 1 saturated heterocycles. The Kier molecular flexibility index (Phi) is 3.21. The Morgan fingerprint density at radius 1 is 1.42 bits per heavy atom. The summed E-state index contributed by atoms with van der Waals surface area (Å²) in [6, 6.07) is 5.10. The SMILES string of the molecule is O=C(CC1CCCNC1)c1ccc2[nH]c(=O)oc2c1. The molecule has 0 spiro atoms. The van der Waals surface area contributed by atoms with Crippen LogP contribution < -0.4 is 11.1 Å². The van der Waals surface area contributed by atoms with E-state index in [1.807, 2.05) is 0 Å². The lowest BCUT2D eigenvalue weighted by Gasteiger charge is -2.21. The Hall–Kier alpha value is -1.88. The lowest BCUT2D eigenvalue weighted by Crippen LogP contribution is -2.31. The zero-order chi connectivity index (χ0) is 13.2. The molecule has 2 heterocycles. The molecule has 0 bridgehead atoms. The van der Waals surface area contributed by atoms with E-state index < -0.39 is 5.76 Å². The summed E-state index contributed by atoms with van der Waals surface area (Å²) < 4.78 is 4.97. The molecule has 5 heteroatoms. The van der Waals surface area contributed by atoms with Crippen LogP contribution in [0.5, 0.6) is 0 Å².